The first-order valence-corrected chi connectivity index (χ1v) is 6.98. The van der Waals surface area contributed by atoms with Crippen LogP contribution in [-0.2, 0) is 12.8 Å². The molecule has 0 amide bonds. The number of fused-ring (bicyclic) bond motifs is 1. The van der Waals surface area contributed by atoms with E-state index < -0.39 is 0 Å². The van der Waals surface area contributed by atoms with Gasteiger partial charge >= 0.3 is 0 Å². The van der Waals surface area contributed by atoms with Gasteiger partial charge in [0.05, 0.1) is 0 Å². The first-order chi connectivity index (χ1) is 9.63. The monoisotopic (exact) mass is 271 g/mol. The minimum atomic E-state index is -0.375. The SMILES string of the molecule is C[C@H](N)c1ccc(Oc2ccc3c(c2)CCC3)c(F)c1. The second-order valence-electron chi connectivity index (χ2n) is 5.36. The predicted molar refractivity (Wildman–Crippen MR) is 77.5 cm³/mol. The number of ether oxygens (including phenoxy) is 1. The Balaban J connectivity index is 1.84. The number of hydrogen-bond acceptors (Lipinski definition) is 2. The lowest BCUT2D eigenvalue weighted by Gasteiger charge is -2.11. The highest BCUT2D eigenvalue weighted by atomic mass is 19.1. The Morgan fingerprint density at radius 1 is 1.10 bits per heavy atom. The van der Waals surface area contributed by atoms with E-state index in [4.69, 9.17) is 10.5 Å². The van der Waals surface area contributed by atoms with Crippen molar-refractivity contribution in [2.24, 2.45) is 5.73 Å². The maximum atomic E-state index is 14.0. The van der Waals surface area contributed by atoms with Crippen molar-refractivity contribution < 1.29 is 9.13 Å². The van der Waals surface area contributed by atoms with Gasteiger partial charge in [-0.1, -0.05) is 12.1 Å². The summed E-state index contributed by atoms with van der Waals surface area (Å²) in [5, 5.41) is 0. The maximum absolute atomic E-state index is 14.0. The van der Waals surface area contributed by atoms with Crippen molar-refractivity contribution in [1.82, 2.24) is 0 Å². The number of nitrogens with two attached hydrogens (primary N) is 1. The smallest absolute Gasteiger partial charge is 0.166 e. The van der Waals surface area contributed by atoms with Gasteiger partial charge in [0.2, 0.25) is 0 Å². The number of hydrogen-bond donors (Lipinski definition) is 1. The number of halogens is 1. The van der Waals surface area contributed by atoms with Crippen LogP contribution in [0, 0.1) is 5.82 Å². The molecule has 0 radical (unpaired) electrons. The summed E-state index contributed by atoms with van der Waals surface area (Å²) in [7, 11) is 0. The summed E-state index contributed by atoms with van der Waals surface area (Å²) in [6.07, 6.45) is 3.40. The van der Waals surface area contributed by atoms with Gasteiger partial charge in [-0.3, -0.25) is 0 Å². The lowest BCUT2D eigenvalue weighted by molar-refractivity contribution is 0.441. The van der Waals surface area contributed by atoms with E-state index in [1.54, 1.807) is 12.1 Å². The molecule has 1 atom stereocenters. The fourth-order valence-electron chi connectivity index (χ4n) is 2.62. The average Bonchev–Trinajstić information content (AvgIpc) is 2.88. The van der Waals surface area contributed by atoms with Crippen LogP contribution in [0.15, 0.2) is 36.4 Å². The van der Waals surface area contributed by atoms with Crippen LogP contribution in [-0.4, -0.2) is 0 Å². The molecule has 3 rings (SSSR count). The van der Waals surface area contributed by atoms with E-state index in [9.17, 15) is 4.39 Å². The molecule has 0 saturated carbocycles. The molecule has 0 bridgehead atoms. The van der Waals surface area contributed by atoms with Crippen molar-refractivity contribution in [1.29, 1.82) is 0 Å². The van der Waals surface area contributed by atoms with Crippen molar-refractivity contribution in [3.8, 4) is 11.5 Å². The molecule has 1 aliphatic carbocycles. The van der Waals surface area contributed by atoms with Gasteiger partial charge in [-0.15, -0.1) is 0 Å². The number of rotatable bonds is 3. The fourth-order valence-corrected chi connectivity index (χ4v) is 2.62. The fraction of sp³-hybridized carbons (Fsp3) is 0.294. The van der Waals surface area contributed by atoms with Gasteiger partial charge in [0.1, 0.15) is 5.75 Å². The van der Waals surface area contributed by atoms with Crippen LogP contribution in [0.3, 0.4) is 0 Å². The zero-order chi connectivity index (χ0) is 14.1. The Bertz CT molecular complexity index is 637. The molecule has 0 spiro atoms. The summed E-state index contributed by atoms with van der Waals surface area (Å²) in [6.45, 7) is 1.83. The van der Waals surface area contributed by atoms with Gasteiger partial charge in [-0.25, -0.2) is 4.39 Å². The van der Waals surface area contributed by atoms with E-state index in [1.165, 1.54) is 23.6 Å². The first-order valence-electron chi connectivity index (χ1n) is 6.98. The zero-order valence-corrected chi connectivity index (χ0v) is 11.5. The predicted octanol–water partition coefficient (Wildman–Crippen LogP) is 4.13. The highest BCUT2D eigenvalue weighted by molar-refractivity contribution is 5.41. The summed E-state index contributed by atoms with van der Waals surface area (Å²) in [5.41, 5.74) is 9.20. The minimum Gasteiger partial charge on any atom is -0.454 e. The Labute approximate surface area is 118 Å². The van der Waals surface area contributed by atoms with Gasteiger partial charge < -0.3 is 10.5 Å². The van der Waals surface area contributed by atoms with Crippen LogP contribution < -0.4 is 10.5 Å². The van der Waals surface area contributed by atoms with E-state index in [0.717, 1.165) is 18.4 Å². The van der Waals surface area contributed by atoms with Gasteiger partial charge in [0.15, 0.2) is 11.6 Å². The minimum absolute atomic E-state index is 0.182. The quantitative estimate of drug-likeness (QED) is 0.911. The second-order valence-corrected chi connectivity index (χ2v) is 5.36. The summed E-state index contributed by atoms with van der Waals surface area (Å²) < 4.78 is 19.6. The van der Waals surface area contributed by atoms with Gasteiger partial charge in [0, 0.05) is 6.04 Å². The standard InChI is InChI=1S/C17H18FNO/c1-11(19)13-6-8-17(16(18)10-13)20-15-7-5-12-3-2-4-14(12)9-15/h5-11H,2-4,19H2,1H3/t11-/m0/s1. The van der Waals surface area contributed by atoms with Crippen molar-refractivity contribution in [3.05, 3.63) is 58.9 Å². The molecule has 2 aromatic rings. The van der Waals surface area contributed by atoms with Crippen LogP contribution in [0.4, 0.5) is 4.39 Å². The lowest BCUT2D eigenvalue weighted by Crippen LogP contribution is -2.05. The van der Waals surface area contributed by atoms with Crippen molar-refractivity contribution in [3.63, 3.8) is 0 Å². The zero-order valence-electron chi connectivity index (χ0n) is 11.5. The normalized spacial score (nSPS) is 14.9. The van der Waals surface area contributed by atoms with Crippen molar-refractivity contribution in [2.45, 2.75) is 32.2 Å². The topological polar surface area (TPSA) is 35.2 Å². The van der Waals surface area contributed by atoms with Crippen LogP contribution in [0.2, 0.25) is 0 Å². The van der Waals surface area contributed by atoms with Gasteiger partial charge in [0.25, 0.3) is 0 Å². The third kappa shape index (κ3) is 2.54. The Morgan fingerprint density at radius 3 is 2.65 bits per heavy atom. The van der Waals surface area contributed by atoms with Crippen molar-refractivity contribution >= 4 is 0 Å². The number of aryl methyl sites for hydroxylation is 2. The molecule has 0 unspecified atom stereocenters. The number of benzene rings is 2. The molecule has 104 valence electrons. The molecule has 0 heterocycles. The molecule has 2 nitrogen and oxygen atoms in total. The van der Waals surface area contributed by atoms with E-state index in [2.05, 4.69) is 6.07 Å². The highest BCUT2D eigenvalue weighted by Crippen LogP contribution is 2.30. The molecule has 20 heavy (non-hydrogen) atoms. The third-order valence-electron chi connectivity index (χ3n) is 3.78. The summed E-state index contributed by atoms with van der Waals surface area (Å²) >= 11 is 0. The Hall–Kier alpha value is -1.87. The summed E-state index contributed by atoms with van der Waals surface area (Å²) in [5.74, 6) is 0.561. The van der Waals surface area contributed by atoms with Crippen LogP contribution >= 0.6 is 0 Å². The van der Waals surface area contributed by atoms with E-state index in [1.807, 2.05) is 19.1 Å². The first kappa shape index (κ1) is 13.1. The molecule has 1 aliphatic rings. The average molecular weight is 271 g/mol. The van der Waals surface area contributed by atoms with Crippen LogP contribution in [0.1, 0.15) is 36.1 Å². The molecular formula is C17H18FNO. The van der Waals surface area contributed by atoms with Crippen LogP contribution in [0.5, 0.6) is 11.5 Å². The van der Waals surface area contributed by atoms with Crippen LogP contribution in [0.25, 0.3) is 0 Å². The van der Waals surface area contributed by atoms with E-state index >= 15 is 0 Å². The molecule has 0 aromatic heterocycles. The molecule has 2 N–H and O–H groups in total. The lowest BCUT2D eigenvalue weighted by atomic mass is 10.1. The van der Waals surface area contributed by atoms with Gasteiger partial charge in [-0.2, -0.15) is 0 Å². The summed E-state index contributed by atoms with van der Waals surface area (Å²) in [6, 6.07) is 10.7. The summed E-state index contributed by atoms with van der Waals surface area (Å²) in [4.78, 5) is 0. The van der Waals surface area contributed by atoms with E-state index in [-0.39, 0.29) is 17.6 Å². The third-order valence-corrected chi connectivity index (χ3v) is 3.78. The van der Waals surface area contributed by atoms with Crippen molar-refractivity contribution in [2.75, 3.05) is 0 Å². The molecule has 3 heteroatoms. The second kappa shape index (κ2) is 5.25. The highest BCUT2D eigenvalue weighted by Gasteiger charge is 2.13. The molecule has 0 aliphatic heterocycles. The maximum Gasteiger partial charge on any atom is 0.166 e. The Morgan fingerprint density at radius 2 is 1.90 bits per heavy atom. The van der Waals surface area contributed by atoms with E-state index in [0.29, 0.717) is 5.75 Å². The molecular weight excluding hydrogens is 253 g/mol. The van der Waals surface area contributed by atoms with Gasteiger partial charge in [-0.05, 0) is 67.1 Å². The molecule has 0 fully saturated rings. The largest absolute Gasteiger partial charge is 0.454 e. The molecule has 2 aromatic carbocycles. The Kier molecular flexibility index (Phi) is 3.45. The molecule has 0 saturated heterocycles.